The van der Waals surface area contributed by atoms with Crippen molar-refractivity contribution in [3.8, 4) is 33.4 Å². The molecule has 0 aliphatic heterocycles. The van der Waals surface area contributed by atoms with Crippen LogP contribution in [0.2, 0.25) is 0 Å². The van der Waals surface area contributed by atoms with E-state index in [1.54, 1.807) is 0 Å². The van der Waals surface area contributed by atoms with E-state index in [0.717, 1.165) is 50.1 Å². The Bertz CT molecular complexity index is 3260. The number of rotatable bonds is 6. The van der Waals surface area contributed by atoms with Crippen molar-refractivity contribution < 1.29 is 4.42 Å². The van der Waals surface area contributed by atoms with Crippen LogP contribution in [-0.4, -0.2) is 0 Å². The molecule has 0 saturated carbocycles. The quantitative estimate of drug-likeness (QED) is 0.160. The Morgan fingerprint density at radius 1 is 0.286 bits per heavy atom. The second-order valence-electron chi connectivity index (χ2n) is 14.5. The van der Waals surface area contributed by atoms with Crippen LogP contribution in [0, 0.1) is 0 Å². The van der Waals surface area contributed by atoms with Crippen molar-refractivity contribution in [2.24, 2.45) is 0 Å². The minimum atomic E-state index is 0.905. The van der Waals surface area contributed by atoms with Gasteiger partial charge in [-0.1, -0.05) is 152 Å². The molecule has 0 N–H and O–H groups in total. The highest BCUT2D eigenvalue weighted by molar-refractivity contribution is 6.15. The normalized spacial score (nSPS) is 11.6. The van der Waals surface area contributed by atoms with E-state index in [-0.39, 0.29) is 0 Å². The van der Waals surface area contributed by atoms with Gasteiger partial charge >= 0.3 is 0 Å². The smallest absolute Gasteiger partial charge is 0.135 e. The molecule has 0 spiro atoms. The summed E-state index contributed by atoms with van der Waals surface area (Å²) in [6.45, 7) is 0. The molecule has 11 rings (SSSR count). The lowest BCUT2D eigenvalue weighted by atomic mass is 9.92. The van der Waals surface area contributed by atoms with Gasteiger partial charge in [0.25, 0.3) is 0 Å². The second-order valence-corrected chi connectivity index (χ2v) is 14.5. The molecule has 10 aromatic carbocycles. The first-order valence-electron chi connectivity index (χ1n) is 19.2. The standard InChI is InChI=1S/C54H35NO/c1-2-13-38-32-40(25-24-36(38)12-1)39-15-11-16-44(33-39)55(43-29-26-37(27-30-43)41-28-31-54-51(34-41)49-21-8-10-23-53(49)56-54)52-22-9-7-20-48(52)50-35-42-14-3-4-17-45(42)46-18-5-6-19-47(46)50/h1-35H. The lowest BCUT2D eigenvalue weighted by Crippen LogP contribution is -2.11. The second kappa shape index (κ2) is 13.2. The third-order valence-corrected chi connectivity index (χ3v) is 11.2. The predicted octanol–water partition coefficient (Wildman–Crippen LogP) is 15.5. The summed E-state index contributed by atoms with van der Waals surface area (Å²) in [6.07, 6.45) is 0. The molecule has 2 heteroatoms. The van der Waals surface area contributed by atoms with Crippen LogP contribution in [0.1, 0.15) is 0 Å². The summed E-state index contributed by atoms with van der Waals surface area (Å²) in [7, 11) is 0. The zero-order valence-electron chi connectivity index (χ0n) is 30.6. The van der Waals surface area contributed by atoms with E-state index in [0.29, 0.717) is 0 Å². The molecule has 0 amide bonds. The van der Waals surface area contributed by atoms with Crippen molar-refractivity contribution in [2.45, 2.75) is 0 Å². The van der Waals surface area contributed by atoms with Gasteiger partial charge in [0.2, 0.25) is 0 Å². The molecular weight excluding hydrogens is 679 g/mol. The minimum Gasteiger partial charge on any atom is -0.456 e. The first-order valence-corrected chi connectivity index (χ1v) is 19.2. The number of anilines is 3. The summed E-state index contributed by atoms with van der Waals surface area (Å²) >= 11 is 0. The van der Waals surface area contributed by atoms with Crippen molar-refractivity contribution in [2.75, 3.05) is 4.90 Å². The van der Waals surface area contributed by atoms with Gasteiger partial charge in [0, 0.05) is 27.7 Å². The van der Waals surface area contributed by atoms with Crippen molar-refractivity contribution in [1.82, 2.24) is 0 Å². The molecule has 262 valence electrons. The summed E-state index contributed by atoms with van der Waals surface area (Å²) in [4.78, 5) is 2.42. The lowest BCUT2D eigenvalue weighted by molar-refractivity contribution is 0.669. The molecule has 1 aromatic heterocycles. The molecule has 0 fully saturated rings. The maximum absolute atomic E-state index is 6.15. The average Bonchev–Trinajstić information content (AvgIpc) is 3.65. The summed E-state index contributed by atoms with van der Waals surface area (Å²) in [5, 5.41) is 9.73. The van der Waals surface area contributed by atoms with E-state index in [4.69, 9.17) is 4.42 Å². The van der Waals surface area contributed by atoms with Crippen molar-refractivity contribution in [3.63, 3.8) is 0 Å². The lowest BCUT2D eigenvalue weighted by Gasteiger charge is -2.29. The molecule has 56 heavy (non-hydrogen) atoms. The highest BCUT2D eigenvalue weighted by atomic mass is 16.3. The molecular formula is C54H35NO. The monoisotopic (exact) mass is 713 g/mol. The number of furan rings is 1. The van der Waals surface area contributed by atoms with Crippen molar-refractivity contribution in [3.05, 3.63) is 212 Å². The van der Waals surface area contributed by atoms with Gasteiger partial charge < -0.3 is 9.32 Å². The molecule has 2 nitrogen and oxygen atoms in total. The van der Waals surface area contributed by atoms with E-state index in [1.165, 1.54) is 54.6 Å². The molecule has 1 heterocycles. The van der Waals surface area contributed by atoms with Crippen LogP contribution < -0.4 is 4.90 Å². The highest BCUT2D eigenvalue weighted by Crippen LogP contribution is 2.45. The SMILES string of the molecule is c1cc(-c2ccc3ccccc3c2)cc(N(c2ccc(-c3ccc4oc5ccccc5c4c3)cc2)c2ccccc2-c2cc3ccccc3c3ccccc23)c1. The Kier molecular flexibility index (Phi) is 7.53. The number of nitrogens with zero attached hydrogens (tertiary/aromatic N) is 1. The van der Waals surface area contributed by atoms with Crippen molar-refractivity contribution >= 4 is 71.3 Å². The van der Waals surface area contributed by atoms with E-state index >= 15 is 0 Å². The Morgan fingerprint density at radius 3 is 1.79 bits per heavy atom. The van der Waals surface area contributed by atoms with Crippen LogP contribution in [0.15, 0.2) is 217 Å². The molecule has 0 radical (unpaired) electrons. The number of fused-ring (bicyclic) bond motifs is 7. The zero-order valence-corrected chi connectivity index (χ0v) is 30.6. The van der Waals surface area contributed by atoms with Gasteiger partial charge in [-0.2, -0.15) is 0 Å². The van der Waals surface area contributed by atoms with Gasteiger partial charge in [0.15, 0.2) is 0 Å². The average molecular weight is 714 g/mol. The largest absolute Gasteiger partial charge is 0.456 e. The summed E-state index contributed by atoms with van der Waals surface area (Å²) < 4.78 is 6.15. The fourth-order valence-electron chi connectivity index (χ4n) is 8.50. The van der Waals surface area contributed by atoms with Crippen LogP contribution >= 0.6 is 0 Å². The van der Waals surface area contributed by atoms with Gasteiger partial charge in [-0.25, -0.2) is 0 Å². The molecule has 11 aromatic rings. The van der Waals surface area contributed by atoms with E-state index < -0.39 is 0 Å². The topological polar surface area (TPSA) is 16.4 Å². The molecule has 0 unspecified atom stereocenters. The van der Waals surface area contributed by atoms with Gasteiger partial charge in [-0.05, 0) is 121 Å². The molecule has 0 saturated heterocycles. The van der Waals surface area contributed by atoms with E-state index in [1.807, 2.05) is 12.1 Å². The number of benzene rings is 10. The van der Waals surface area contributed by atoms with Crippen LogP contribution in [-0.2, 0) is 0 Å². The fourth-order valence-corrected chi connectivity index (χ4v) is 8.50. The van der Waals surface area contributed by atoms with Gasteiger partial charge in [0.1, 0.15) is 11.2 Å². The van der Waals surface area contributed by atoms with Crippen LogP contribution in [0.3, 0.4) is 0 Å². The molecule has 0 aliphatic rings. The molecule has 0 atom stereocenters. The number of hydrogen-bond donors (Lipinski definition) is 0. The Morgan fingerprint density at radius 2 is 0.911 bits per heavy atom. The first kappa shape index (κ1) is 32.0. The Balaban J connectivity index is 1.09. The zero-order chi connectivity index (χ0) is 37.0. The molecule has 0 bridgehead atoms. The maximum Gasteiger partial charge on any atom is 0.135 e. The predicted molar refractivity (Wildman–Crippen MR) is 237 cm³/mol. The maximum atomic E-state index is 6.15. The van der Waals surface area contributed by atoms with E-state index in [2.05, 4.69) is 205 Å². The Labute approximate surface area is 325 Å². The van der Waals surface area contributed by atoms with Crippen molar-refractivity contribution in [1.29, 1.82) is 0 Å². The minimum absolute atomic E-state index is 0.905. The number of para-hydroxylation sites is 2. The van der Waals surface area contributed by atoms with Gasteiger partial charge in [0.05, 0.1) is 5.69 Å². The van der Waals surface area contributed by atoms with Crippen LogP contribution in [0.25, 0.3) is 87.6 Å². The third-order valence-electron chi connectivity index (χ3n) is 11.2. The van der Waals surface area contributed by atoms with Crippen LogP contribution in [0.5, 0.6) is 0 Å². The summed E-state index contributed by atoms with van der Waals surface area (Å²) in [6, 6.07) is 76.7. The fraction of sp³-hybridized carbons (Fsp3) is 0. The Hall–Kier alpha value is -7.42. The first-order chi connectivity index (χ1) is 27.7. The summed E-state index contributed by atoms with van der Waals surface area (Å²) in [5.41, 5.74) is 12.2. The summed E-state index contributed by atoms with van der Waals surface area (Å²) in [5.74, 6) is 0. The number of hydrogen-bond acceptors (Lipinski definition) is 2. The van der Waals surface area contributed by atoms with E-state index in [9.17, 15) is 0 Å². The van der Waals surface area contributed by atoms with Crippen LogP contribution in [0.4, 0.5) is 17.1 Å². The molecule has 0 aliphatic carbocycles. The third kappa shape index (κ3) is 5.42. The van der Waals surface area contributed by atoms with Gasteiger partial charge in [-0.15, -0.1) is 0 Å². The highest BCUT2D eigenvalue weighted by Gasteiger charge is 2.20. The van der Waals surface area contributed by atoms with Gasteiger partial charge in [-0.3, -0.25) is 0 Å².